The molecule has 0 aliphatic rings. The van der Waals surface area contributed by atoms with E-state index in [0.29, 0.717) is 6.42 Å². The van der Waals surface area contributed by atoms with Crippen molar-refractivity contribution in [1.29, 1.82) is 0 Å². The molecule has 2 N–H and O–H groups in total. The number of hydrogen-bond donors (Lipinski definition) is 1. The van der Waals surface area contributed by atoms with Gasteiger partial charge >= 0.3 is 0 Å². The molecule has 0 aliphatic heterocycles. The van der Waals surface area contributed by atoms with E-state index in [4.69, 9.17) is 5.73 Å². The highest BCUT2D eigenvalue weighted by atomic mass is 19.1. The summed E-state index contributed by atoms with van der Waals surface area (Å²) in [4.78, 5) is 11.7. The van der Waals surface area contributed by atoms with Gasteiger partial charge in [0.2, 0.25) is 0 Å². The third-order valence-electron chi connectivity index (χ3n) is 2.61. The lowest BCUT2D eigenvalue weighted by Gasteiger charge is -2.11. The van der Waals surface area contributed by atoms with E-state index < -0.39 is 11.6 Å². The van der Waals surface area contributed by atoms with Gasteiger partial charge in [0, 0.05) is 18.9 Å². The van der Waals surface area contributed by atoms with Crippen molar-refractivity contribution in [2.45, 2.75) is 19.8 Å². The first-order valence-corrected chi connectivity index (χ1v) is 5.25. The van der Waals surface area contributed by atoms with Gasteiger partial charge in [0.05, 0.1) is 0 Å². The average molecular weight is 227 g/mol. The summed E-state index contributed by atoms with van der Waals surface area (Å²) in [6, 6.07) is 3.11. The van der Waals surface area contributed by atoms with Gasteiger partial charge < -0.3 is 5.73 Å². The molecule has 4 heteroatoms. The van der Waals surface area contributed by atoms with Gasteiger partial charge in [0.15, 0.2) is 0 Å². The summed E-state index contributed by atoms with van der Waals surface area (Å²) in [6.07, 6.45) is 0.519. The van der Waals surface area contributed by atoms with E-state index in [2.05, 4.69) is 0 Å². The molecule has 1 aromatic carbocycles. The minimum atomic E-state index is -0.554. The third-order valence-corrected chi connectivity index (χ3v) is 2.61. The quantitative estimate of drug-likeness (QED) is 0.836. The number of Topliss-reactive ketones (excluding diaryl/α,β-unsaturated/α-hetero) is 1. The van der Waals surface area contributed by atoms with E-state index >= 15 is 0 Å². The van der Waals surface area contributed by atoms with Gasteiger partial charge in [-0.2, -0.15) is 0 Å². The third kappa shape index (κ3) is 3.10. The van der Waals surface area contributed by atoms with Crippen LogP contribution in [0.3, 0.4) is 0 Å². The Bertz CT molecular complexity index is 375. The molecule has 1 atom stereocenters. The van der Waals surface area contributed by atoms with E-state index in [1.54, 1.807) is 0 Å². The smallest absolute Gasteiger partial charge is 0.141 e. The molecule has 0 aromatic heterocycles. The molecule has 1 unspecified atom stereocenters. The molecular formula is C12H15F2NO. The summed E-state index contributed by atoms with van der Waals surface area (Å²) in [6.45, 7) is 2.09. The summed E-state index contributed by atoms with van der Waals surface area (Å²) in [7, 11) is 0. The van der Waals surface area contributed by atoms with E-state index in [1.807, 2.05) is 6.92 Å². The van der Waals surface area contributed by atoms with Crippen molar-refractivity contribution in [2.24, 2.45) is 11.7 Å². The van der Waals surface area contributed by atoms with Gasteiger partial charge in [-0.1, -0.05) is 6.92 Å². The number of nitrogens with two attached hydrogens (primary N) is 1. The van der Waals surface area contributed by atoms with E-state index in [1.165, 1.54) is 0 Å². The molecule has 1 aromatic rings. The highest BCUT2D eigenvalue weighted by Crippen LogP contribution is 2.13. The van der Waals surface area contributed by atoms with Crippen LogP contribution in [0.1, 0.15) is 18.9 Å². The van der Waals surface area contributed by atoms with Crippen LogP contribution in [-0.4, -0.2) is 12.3 Å². The van der Waals surface area contributed by atoms with E-state index in [9.17, 15) is 13.6 Å². The van der Waals surface area contributed by atoms with Crippen LogP contribution in [0.25, 0.3) is 0 Å². The van der Waals surface area contributed by atoms with Crippen LogP contribution in [-0.2, 0) is 11.2 Å². The number of benzene rings is 1. The Hall–Kier alpha value is -1.29. The topological polar surface area (TPSA) is 43.1 Å². The van der Waals surface area contributed by atoms with Crippen molar-refractivity contribution >= 4 is 5.78 Å². The van der Waals surface area contributed by atoms with Crippen LogP contribution >= 0.6 is 0 Å². The zero-order valence-corrected chi connectivity index (χ0v) is 9.17. The Morgan fingerprint density at radius 2 is 2.12 bits per heavy atom. The minimum absolute atomic E-state index is 0.0944. The van der Waals surface area contributed by atoms with Crippen molar-refractivity contribution < 1.29 is 13.6 Å². The summed E-state index contributed by atoms with van der Waals surface area (Å²) in [5, 5.41) is 0. The molecule has 0 amide bonds. The van der Waals surface area contributed by atoms with Crippen molar-refractivity contribution in [2.75, 3.05) is 6.54 Å². The van der Waals surface area contributed by atoms with Gasteiger partial charge in [-0.3, -0.25) is 4.79 Å². The standard InChI is InChI=1S/C12H15F2NO/c1-2-8(7-15)12(16)6-9-5-10(13)3-4-11(9)14/h3-5,8H,2,6-7,15H2,1H3. The molecule has 2 nitrogen and oxygen atoms in total. The highest BCUT2D eigenvalue weighted by Gasteiger charge is 2.17. The SMILES string of the molecule is CCC(CN)C(=O)Cc1cc(F)ccc1F. The zero-order valence-electron chi connectivity index (χ0n) is 9.17. The van der Waals surface area contributed by atoms with Crippen LogP contribution in [0, 0.1) is 17.6 Å². The Balaban J connectivity index is 2.80. The second-order valence-electron chi connectivity index (χ2n) is 3.72. The Kier molecular flexibility index (Phi) is 4.55. The number of carbonyl (C=O) groups is 1. The van der Waals surface area contributed by atoms with E-state index in [0.717, 1.165) is 18.2 Å². The molecule has 0 heterocycles. The first-order chi connectivity index (χ1) is 7.58. The fourth-order valence-electron chi connectivity index (χ4n) is 1.54. The van der Waals surface area contributed by atoms with Gasteiger partial charge in [-0.15, -0.1) is 0 Å². The van der Waals surface area contributed by atoms with Crippen molar-refractivity contribution in [3.05, 3.63) is 35.4 Å². The zero-order chi connectivity index (χ0) is 12.1. The maximum Gasteiger partial charge on any atom is 0.141 e. The summed E-state index contributed by atoms with van der Waals surface area (Å²) < 4.78 is 26.1. The molecule has 88 valence electrons. The van der Waals surface area contributed by atoms with Gasteiger partial charge in [-0.25, -0.2) is 8.78 Å². The van der Waals surface area contributed by atoms with Crippen LogP contribution in [0.15, 0.2) is 18.2 Å². The largest absolute Gasteiger partial charge is 0.330 e. The van der Waals surface area contributed by atoms with Crippen LogP contribution in [0.5, 0.6) is 0 Å². The Morgan fingerprint density at radius 1 is 1.44 bits per heavy atom. The van der Waals surface area contributed by atoms with Crippen molar-refractivity contribution in [3.8, 4) is 0 Å². The van der Waals surface area contributed by atoms with Crippen molar-refractivity contribution in [1.82, 2.24) is 0 Å². The summed E-state index contributed by atoms with van der Waals surface area (Å²) in [5.41, 5.74) is 5.51. The second kappa shape index (κ2) is 5.70. The Morgan fingerprint density at radius 3 is 2.69 bits per heavy atom. The van der Waals surface area contributed by atoms with Gasteiger partial charge in [0.1, 0.15) is 17.4 Å². The molecule has 0 fully saturated rings. The lowest BCUT2D eigenvalue weighted by atomic mass is 9.95. The first-order valence-electron chi connectivity index (χ1n) is 5.25. The molecule has 16 heavy (non-hydrogen) atoms. The monoisotopic (exact) mass is 227 g/mol. The summed E-state index contributed by atoms with van der Waals surface area (Å²) >= 11 is 0. The molecule has 0 bridgehead atoms. The predicted molar refractivity (Wildman–Crippen MR) is 57.9 cm³/mol. The number of halogens is 2. The highest BCUT2D eigenvalue weighted by molar-refractivity contribution is 5.83. The molecule has 0 radical (unpaired) electrons. The number of ketones is 1. The number of carbonyl (C=O) groups excluding carboxylic acids is 1. The molecule has 0 aliphatic carbocycles. The molecule has 0 saturated carbocycles. The lowest BCUT2D eigenvalue weighted by Crippen LogP contribution is -2.24. The number of hydrogen-bond acceptors (Lipinski definition) is 2. The average Bonchev–Trinajstić information content (AvgIpc) is 2.25. The van der Waals surface area contributed by atoms with Gasteiger partial charge in [0.25, 0.3) is 0 Å². The molecule has 0 spiro atoms. The predicted octanol–water partition coefficient (Wildman–Crippen LogP) is 2.06. The maximum atomic E-state index is 13.3. The fraction of sp³-hybridized carbons (Fsp3) is 0.417. The first kappa shape index (κ1) is 12.8. The minimum Gasteiger partial charge on any atom is -0.330 e. The molecule has 0 saturated heterocycles. The van der Waals surface area contributed by atoms with E-state index in [-0.39, 0.29) is 30.2 Å². The van der Waals surface area contributed by atoms with Gasteiger partial charge in [-0.05, 0) is 30.2 Å². The Labute approximate surface area is 93.5 Å². The molecular weight excluding hydrogens is 212 g/mol. The second-order valence-corrected chi connectivity index (χ2v) is 3.72. The van der Waals surface area contributed by atoms with Crippen LogP contribution in [0.4, 0.5) is 8.78 Å². The van der Waals surface area contributed by atoms with Crippen LogP contribution < -0.4 is 5.73 Å². The van der Waals surface area contributed by atoms with Crippen LogP contribution in [0.2, 0.25) is 0 Å². The normalized spacial score (nSPS) is 12.5. The number of rotatable bonds is 5. The molecule has 1 rings (SSSR count). The summed E-state index contributed by atoms with van der Waals surface area (Å²) in [5.74, 6) is -1.51. The lowest BCUT2D eigenvalue weighted by molar-refractivity contribution is -0.122. The maximum absolute atomic E-state index is 13.3. The van der Waals surface area contributed by atoms with Crippen molar-refractivity contribution in [3.63, 3.8) is 0 Å². The fourth-order valence-corrected chi connectivity index (χ4v) is 1.54.